The van der Waals surface area contributed by atoms with E-state index in [1.54, 1.807) is 0 Å². The van der Waals surface area contributed by atoms with Crippen LogP contribution in [0.4, 0.5) is 0 Å². The quantitative estimate of drug-likeness (QED) is 0.122. The predicted molar refractivity (Wildman–Crippen MR) is 506 cm³/mol. The predicted octanol–water partition coefficient (Wildman–Crippen LogP) is 31.5. The molecule has 2 aliphatic rings. The van der Waals surface area contributed by atoms with Crippen molar-refractivity contribution in [1.82, 2.24) is 0 Å². The summed E-state index contributed by atoms with van der Waals surface area (Å²) in [5.41, 5.74) is 15.4. The lowest BCUT2D eigenvalue weighted by Gasteiger charge is -2.34. The second-order valence-corrected chi connectivity index (χ2v) is 30.4. The summed E-state index contributed by atoms with van der Waals surface area (Å²) >= 11 is 0. The van der Waals surface area contributed by atoms with Gasteiger partial charge in [-0.3, -0.25) is 0 Å². The lowest BCUT2D eigenvalue weighted by molar-refractivity contribution is 0.768. The summed E-state index contributed by atoms with van der Waals surface area (Å²) in [4.78, 5) is 0. The van der Waals surface area contributed by atoms with Gasteiger partial charge in [-0.05, 0) is 199 Å². The summed E-state index contributed by atoms with van der Waals surface area (Å²) in [6.45, 7) is 0. The second kappa shape index (κ2) is 33.2. The Morgan fingerprint density at radius 3 is 0.610 bits per heavy atom. The normalized spacial score (nSPS) is 12.2. The van der Waals surface area contributed by atoms with Crippen LogP contribution in [0.2, 0.25) is 0 Å². The Kier molecular flexibility index (Phi) is 20.5. The SMILES string of the molecule is c1cc2ccc3cccc4ccc(c1)c2c34.c1ccc(C2(c3ccccc3)c3ccccc3-c3ccccc32)cc1.c1ccc2c(c1)-c1ccccc1C2(c1ccc2ccccc2c1)c1ccc2ccccc2c1.c1ccc2c(c1)ccc1ccccc12.c1ccc2cc3ccccc3cc2c1.c1ccc2ccccc2c1.c1ccccc1. The fourth-order valence-corrected chi connectivity index (χ4v) is 18.3. The van der Waals surface area contributed by atoms with Crippen LogP contribution in [0.3, 0.4) is 0 Å². The van der Waals surface area contributed by atoms with Crippen molar-refractivity contribution in [2.75, 3.05) is 0 Å². The average Bonchev–Trinajstić information content (AvgIpc) is 1.54. The Morgan fingerprint density at radius 1 is 0.110 bits per heavy atom. The number of hydrogen-bond acceptors (Lipinski definition) is 0. The van der Waals surface area contributed by atoms with Crippen molar-refractivity contribution in [2.24, 2.45) is 0 Å². The Balaban J connectivity index is 0.0000000966. The molecule has 118 heavy (non-hydrogen) atoms. The highest BCUT2D eigenvalue weighted by molar-refractivity contribution is 6.23. The largest absolute Gasteiger partial charge is 0.0714 e. The first-order valence-electron chi connectivity index (χ1n) is 40.9. The molecule has 0 unspecified atom stereocenters. The molecule has 0 saturated carbocycles. The van der Waals surface area contributed by atoms with Crippen LogP contribution >= 0.6 is 0 Å². The number of benzene rings is 23. The highest BCUT2D eigenvalue weighted by Crippen LogP contribution is 2.58. The molecule has 23 aromatic rings. The van der Waals surface area contributed by atoms with Crippen LogP contribution in [0, 0.1) is 0 Å². The van der Waals surface area contributed by atoms with Crippen molar-refractivity contribution in [1.29, 1.82) is 0 Å². The fourth-order valence-electron chi connectivity index (χ4n) is 18.3. The maximum Gasteiger partial charge on any atom is 0.0714 e. The zero-order chi connectivity index (χ0) is 78.9. The second-order valence-electron chi connectivity index (χ2n) is 30.4. The molecule has 2 aliphatic carbocycles. The van der Waals surface area contributed by atoms with Crippen molar-refractivity contribution < 1.29 is 0 Å². The third-order valence-corrected chi connectivity index (χ3v) is 23.7. The van der Waals surface area contributed by atoms with Gasteiger partial charge < -0.3 is 0 Å². The van der Waals surface area contributed by atoms with Crippen LogP contribution in [0.25, 0.3) is 130 Å². The molecule has 0 nitrogen and oxygen atoms in total. The highest BCUT2D eigenvalue weighted by atomic mass is 14.5. The molecule has 0 amide bonds. The van der Waals surface area contributed by atoms with Crippen LogP contribution in [0.15, 0.2) is 510 Å². The van der Waals surface area contributed by atoms with Crippen LogP contribution in [0.5, 0.6) is 0 Å². The topological polar surface area (TPSA) is 0 Å². The molecule has 0 heterocycles. The molecular formula is C118H84. The summed E-state index contributed by atoms with van der Waals surface area (Å²) in [5, 5.41) is 26.4. The first-order chi connectivity index (χ1) is 58.6. The van der Waals surface area contributed by atoms with Gasteiger partial charge in [-0.2, -0.15) is 0 Å². The third-order valence-electron chi connectivity index (χ3n) is 23.7. The van der Waals surface area contributed by atoms with Gasteiger partial charge in [0.2, 0.25) is 0 Å². The number of rotatable bonds is 4. The first kappa shape index (κ1) is 73.1. The summed E-state index contributed by atoms with van der Waals surface area (Å²) in [6.07, 6.45) is 0. The van der Waals surface area contributed by atoms with Gasteiger partial charge in [0.25, 0.3) is 0 Å². The summed E-state index contributed by atoms with van der Waals surface area (Å²) in [5.74, 6) is 0. The van der Waals surface area contributed by atoms with E-state index in [9.17, 15) is 0 Å². The molecule has 0 radical (unpaired) electrons. The summed E-state index contributed by atoms with van der Waals surface area (Å²) in [6, 6.07) is 182. The molecule has 0 aliphatic heterocycles. The molecule has 0 atom stereocenters. The van der Waals surface area contributed by atoms with Gasteiger partial charge in [0.1, 0.15) is 0 Å². The number of fused-ring (bicyclic) bond motifs is 14. The zero-order valence-corrected chi connectivity index (χ0v) is 65.5. The Morgan fingerprint density at radius 2 is 0.305 bits per heavy atom. The van der Waals surface area contributed by atoms with Gasteiger partial charge in [-0.25, -0.2) is 0 Å². The van der Waals surface area contributed by atoms with Crippen LogP contribution in [-0.2, 0) is 10.8 Å². The van der Waals surface area contributed by atoms with Gasteiger partial charge in [0.05, 0.1) is 10.8 Å². The lowest BCUT2D eigenvalue weighted by atomic mass is 9.67. The molecule has 23 aromatic carbocycles. The fraction of sp³-hybridized carbons (Fsp3) is 0.0169. The van der Waals surface area contributed by atoms with Gasteiger partial charge >= 0.3 is 0 Å². The van der Waals surface area contributed by atoms with E-state index in [-0.39, 0.29) is 10.8 Å². The Hall–Kier alpha value is -15.1. The molecule has 0 bridgehead atoms. The standard InChI is InChI=1S/C33H22.C25H18.C16H10.2C14H10.C10H8.C6H6/c1-3-11-25-21-27(19-17-23(25)9-1)33(28-20-18-24-10-2-4-12-26(24)22-28)31-15-7-5-13-29(31)30-14-6-8-16-32(30)33;1-3-11-19(12-4-1)25(20-13-5-2-6-14-20)23-17-9-7-15-21(23)22-16-8-10-18-24(22)25;1-3-11-7-9-13-5-2-6-14-10-8-12(4-1)15(11)16(13)14;1-3-7-13-11(5-1)9-10-12-6-2-4-8-14(12)13;1-2-6-12-10-14-8-4-3-7-13(14)9-11(12)5-1;1-2-6-10-8-4-3-7-9(10)5-1;1-2-4-6-5-3-1/h1-22H;1-18H;1-10H;2*1-10H;1-8H;1-6H. The average molecular weight is 1500 g/mol. The molecule has 556 valence electrons. The molecular weight excluding hydrogens is 1420 g/mol. The minimum atomic E-state index is -0.360. The van der Waals surface area contributed by atoms with Crippen molar-refractivity contribution in [3.63, 3.8) is 0 Å². The van der Waals surface area contributed by atoms with E-state index in [0.717, 1.165) is 0 Å². The highest BCUT2D eigenvalue weighted by Gasteiger charge is 2.47. The van der Waals surface area contributed by atoms with Crippen LogP contribution in [0.1, 0.15) is 44.5 Å². The van der Waals surface area contributed by atoms with Gasteiger partial charge in [-0.15, -0.1) is 0 Å². The summed E-state index contributed by atoms with van der Waals surface area (Å²) in [7, 11) is 0. The zero-order valence-electron chi connectivity index (χ0n) is 65.5. The molecule has 0 spiro atoms. The van der Waals surface area contributed by atoms with Crippen LogP contribution in [-0.4, -0.2) is 0 Å². The maximum absolute atomic E-state index is 2.39. The molecule has 0 fully saturated rings. The van der Waals surface area contributed by atoms with Gasteiger partial charge in [0, 0.05) is 0 Å². The van der Waals surface area contributed by atoms with Gasteiger partial charge in [-0.1, -0.05) is 485 Å². The van der Waals surface area contributed by atoms with Crippen molar-refractivity contribution in [2.45, 2.75) is 10.8 Å². The van der Waals surface area contributed by atoms with Crippen molar-refractivity contribution in [3.8, 4) is 22.3 Å². The van der Waals surface area contributed by atoms with E-state index in [1.807, 2.05) is 36.4 Å². The first-order valence-corrected chi connectivity index (χ1v) is 40.9. The minimum absolute atomic E-state index is 0.254. The van der Waals surface area contributed by atoms with E-state index >= 15 is 0 Å². The van der Waals surface area contributed by atoms with Crippen molar-refractivity contribution >= 4 is 108 Å². The Labute approximate surface area is 690 Å². The lowest BCUT2D eigenvalue weighted by Crippen LogP contribution is -2.28. The smallest absolute Gasteiger partial charge is 0.0623 e. The van der Waals surface area contributed by atoms with Crippen molar-refractivity contribution in [3.05, 3.63) is 554 Å². The van der Waals surface area contributed by atoms with E-state index in [1.165, 1.54) is 174 Å². The van der Waals surface area contributed by atoms with E-state index in [4.69, 9.17) is 0 Å². The molecule has 0 heteroatoms. The molecule has 0 aromatic heterocycles. The monoisotopic (exact) mass is 1500 g/mol. The Bertz CT molecular complexity index is 6830. The van der Waals surface area contributed by atoms with Crippen LogP contribution < -0.4 is 0 Å². The third kappa shape index (κ3) is 14.0. The van der Waals surface area contributed by atoms with E-state index in [0.29, 0.717) is 0 Å². The number of hydrogen-bond donors (Lipinski definition) is 0. The summed E-state index contributed by atoms with van der Waals surface area (Å²) < 4.78 is 0. The molecule has 0 saturated heterocycles. The minimum Gasteiger partial charge on any atom is -0.0623 e. The van der Waals surface area contributed by atoms with E-state index in [2.05, 4.69) is 473 Å². The molecule has 25 rings (SSSR count). The van der Waals surface area contributed by atoms with Gasteiger partial charge in [0.15, 0.2) is 0 Å². The van der Waals surface area contributed by atoms with E-state index < -0.39 is 0 Å². The molecule has 0 N–H and O–H groups in total. The maximum atomic E-state index is 2.39.